The Labute approximate surface area is 116 Å². The van der Waals surface area contributed by atoms with Gasteiger partial charge >= 0.3 is 5.69 Å². The first kappa shape index (κ1) is 15.4. The number of amides is 1. The highest BCUT2D eigenvalue weighted by Gasteiger charge is 2.16. The van der Waals surface area contributed by atoms with Gasteiger partial charge in [-0.05, 0) is 19.4 Å². The molecule has 0 spiro atoms. The van der Waals surface area contributed by atoms with E-state index in [0.29, 0.717) is 0 Å². The van der Waals surface area contributed by atoms with E-state index < -0.39 is 4.92 Å². The highest BCUT2D eigenvalue weighted by atomic mass is 35.5. The molecule has 0 radical (unpaired) electrons. The molecule has 1 atom stereocenters. The Hall–Kier alpha value is -1.67. The molecule has 0 saturated carbocycles. The van der Waals surface area contributed by atoms with Gasteiger partial charge in [0.25, 0.3) is 0 Å². The molecule has 1 aromatic heterocycles. The first-order valence-corrected chi connectivity index (χ1v) is 5.82. The molecule has 2 N–H and O–H groups in total. The smallest absolute Gasteiger partial charge is 0.307 e. The Morgan fingerprint density at radius 1 is 1.68 bits per heavy atom. The molecule has 8 nitrogen and oxygen atoms in total. The van der Waals surface area contributed by atoms with Crippen LogP contribution in [-0.4, -0.2) is 39.7 Å². The number of carbonyl (C=O) groups is 1. The standard InChI is InChI=1S/C10H15N5O3.ClH/c16-10(13-8-2-1-3-11-4-8)7-14-6-9(5-12-14)15(17)18;/h5-6,8,11H,1-4,7H2,(H,13,16);1H/t8-;/m0./s1. The molecule has 1 aliphatic rings. The zero-order chi connectivity index (χ0) is 13.0. The Morgan fingerprint density at radius 2 is 2.47 bits per heavy atom. The number of halogens is 1. The Morgan fingerprint density at radius 3 is 3.05 bits per heavy atom. The molecule has 1 aliphatic heterocycles. The SMILES string of the molecule is Cl.O=C(Cn1cc([N+](=O)[O-])cn1)N[C@H]1CCCNC1. The predicted octanol–water partition coefficient (Wildman–Crippen LogP) is 0.0813. The fourth-order valence-electron chi connectivity index (χ4n) is 1.93. The van der Waals surface area contributed by atoms with Crippen LogP contribution in [0.3, 0.4) is 0 Å². The Balaban J connectivity index is 0.00000180. The van der Waals surface area contributed by atoms with Crippen LogP contribution in [0.15, 0.2) is 12.4 Å². The average molecular weight is 290 g/mol. The van der Waals surface area contributed by atoms with Gasteiger partial charge in [-0.3, -0.25) is 19.6 Å². The van der Waals surface area contributed by atoms with Crippen molar-refractivity contribution in [3.63, 3.8) is 0 Å². The van der Waals surface area contributed by atoms with Gasteiger partial charge in [-0.15, -0.1) is 12.4 Å². The van der Waals surface area contributed by atoms with Crippen LogP contribution >= 0.6 is 12.4 Å². The second-order valence-electron chi connectivity index (χ2n) is 4.26. The maximum absolute atomic E-state index is 11.7. The molecule has 0 bridgehead atoms. The fourth-order valence-corrected chi connectivity index (χ4v) is 1.93. The van der Waals surface area contributed by atoms with Crippen LogP contribution in [0.25, 0.3) is 0 Å². The third kappa shape index (κ3) is 4.49. The Kier molecular flexibility index (Phi) is 5.71. The molecule has 0 unspecified atom stereocenters. The van der Waals surface area contributed by atoms with Crippen LogP contribution in [0, 0.1) is 10.1 Å². The van der Waals surface area contributed by atoms with Crippen LogP contribution in [0.2, 0.25) is 0 Å². The fraction of sp³-hybridized carbons (Fsp3) is 0.600. The van der Waals surface area contributed by atoms with E-state index in [1.54, 1.807) is 0 Å². The van der Waals surface area contributed by atoms with Crippen molar-refractivity contribution in [1.82, 2.24) is 20.4 Å². The van der Waals surface area contributed by atoms with Gasteiger partial charge in [0.2, 0.25) is 5.91 Å². The minimum absolute atomic E-state index is 0. The van der Waals surface area contributed by atoms with Crippen LogP contribution < -0.4 is 10.6 Å². The number of aromatic nitrogens is 2. The van der Waals surface area contributed by atoms with Crippen molar-refractivity contribution in [3.8, 4) is 0 Å². The topological polar surface area (TPSA) is 102 Å². The van der Waals surface area contributed by atoms with Gasteiger partial charge in [-0.1, -0.05) is 0 Å². The normalized spacial score (nSPS) is 18.4. The van der Waals surface area contributed by atoms with Gasteiger partial charge in [0, 0.05) is 12.6 Å². The van der Waals surface area contributed by atoms with Crippen LogP contribution in [0.5, 0.6) is 0 Å². The number of nitrogens with zero attached hydrogens (tertiary/aromatic N) is 3. The quantitative estimate of drug-likeness (QED) is 0.604. The number of hydrogen-bond acceptors (Lipinski definition) is 5. The summed E-state index contributed by atoms with van der Waals surface area (Å²) in [6, 6.07) is 0.136. The van der Waals surface area contributed by atoms with Gasteiger partial charge < -0.3 is 10.6 Å². The van der Waals surface area contributed by atoms with Gasteiger partial charge in [0.15, 0.2) is 0 Å². The number of piperidine rings is 1. The molecule has 106 valence electrons. The lowest BCUT2D eigenvalue weighted by Crippen LogP contribution is -2.46. The molecule has 1 amide bonds. The second-order valence-corrected chi connectivity index (χ2v) is 4.26. The summed E-state index contributed by atoms with van der Waals surface area (Å²) in [7, 11) is 0. The van der Waals surface area contributed by atoms with E-state index in [4.69, 9.17) is 0 Å². The van der Waals surface area contributed by atoms with E-state index in [1.165, 1.54) is 10.9 Å². The van der Waals surface area contributed by atoms with Crippen molar-refractivity contribution in [2.45, 2.75) is 25.4 Å². The van der Waals surface area contributed by atoms with Crippen molar-refractivity contribution in [2.24, 2.45) is 0 Å². The summed E-state index contributed by atoms with van der Waals surface area (Å²) >= 11 is 0. The maximum atomic E-state index is 11.7. The van der Waals surface area contributed by atoms with E-state index in [2.05, 4.69) is 15.7 Å². The lowest BCUT2D eigenvalue weighted by molar-refractivity contribution is -0.385. The van der Waals surface area contributed by atoms with Crippen LogP contribution in [-0.2, 0) is 11.3 Å². The summed E-state index contributed by atoms with van der Waals surface area (Å²) in [6.45, 7) is 1.76. The van der Waals surface area contributed by atoms with Crippen molar-refractivity contribution in [2.75, 3.05) is 13.1 Å². The number of nitrogens with one attached hydrogen (secondary N) is 2. The van der Waals surface area contributed by atoms with Crippen molar-refractivity contribution in [1.29, 1.82) is 0 Å². The molecule has 1 saturated heterocycles. The summed E-state index contributed by atoms with van der Waals surface area (Å²) < 4.78 is 1.27. The molecule has 0 aliphatic carbocycles. The van der Waals surface area contributed by atoms with Crippen molar-refractivity contribution in [3.05, 3.63) is 22.5 Å². The monoisotopic (exact) mass is 289 g/mol. The van der Waals surface area contributed by atoms with Crippen LogP contribution in [0.4, 0.5) is 5.69 Å². The summed E-state index contributed by atoms with van der Waals surface area (Å²) in [4.78, 5) is 21.6. The minimum Gasteiger partial charge on any atom is -0.350 e. The molecule has 1 fully saturated rings. The number of carbonyl (C=O) groups excluding carboxylic acids is 1. The minimum atomic E-state index is -0.535. The van der Waals surface area contributed by atoms with E-state index >= 15 is 0 Å². The Bertz CT molecular complexity index is 444. The van der Waals surface area contributed by atoms with Gasteiger partial charge in [-0.25, -0.2) is 0 Å². The number of hydrogen-bond donors (Lipinski definition) is 2. The first-order chi connectivity index (χ1) is 8.65. The first-order valence-electron chi connectivity index (χ1n) is 5.82. The largest absolute Gasteiger partial charge is 0.350 e. The average Bonchev–Trinajstić information content (AvgIpc) is 2.78. The number of rotatable bonds is 4. The molecular formula is C10H16ClN5O3. The summed E-state index contributed by atoms with van der Waals surface area (Å²) in [5.41, 5.74) is -0.109. The van der Waals surface area contributed by atoms with Crippen molar-refractivity contribution < 1.29 is 9.72 Å². The number of nitro groups is 1. The van der Waals surface area contributed by atoms with E-state index in [1.807, 2.05) is 0 Å². The predicted molar refractivity (Wildman–Crippen MR) is 70.2 cm³/mol. The molecule has 19 heavy (non-hydrogen) atoms. The molecule has 1 aromatic rings. The molecule has 2 rings (SSSR count). The molecule has 2 heterocycles. The zero-order valence-electron chi connectivity index (χ0n) is 10.2. The summed E-state index contributed by atoms with van der Waals surface area (Å²) in [5, 5.41) is 20.3. The van der Waals surface area contributed by atoms with Gasteiger partial charge in [0.1, 0.15) is 18.9 Å². The van der Waals surface area contributed by atoms with Gasteiger partial charge in [0.05, 0.1) is 4.92 Å². The second kappa shape index (κ2) is 7.05. The summed E-state index contributed by atoms with van der Waals surface area (Å²) in [6.07, 6.45) is 4.38. The van der Waals surface area contributed by atoms with E-state index in [9.17, 15) is 14.9 Å². The van der Waals surface area contributed by atoms with Crippen LogP contribution in [0.1, 0.15) is 12.8 Å². The van der Waals surface area contributed by atoms with Gasteiger partial charge in [-0.2, -0.15) is 5.10 Å². The van der Waals surface area contributed by atoms with E-state index in [0.717, 1.165) is 32.1 Å². The highest BCUT2D eigenvalue weighted by molar-refractivity contribution is 5.85. The van der Waals surface area contributed by atoms with E-state index in [-0.39, 0.29) is 36.6 Å². The maximum Gasteiger partial charge on any atom is 0.307 e. The lowest BCUT2D eigenvalue weighted by Gasteiger charge is -2.23. The summed E-state index contributed by atoms with van der Waals surface area (Å²) in [5.74, 6) is -0.179. The molecule has 9 heteroatoms. The lowest BCUT2D eigenvalue weighted by atomic mass is 10.1. The molecule has 0 aromatic carbocycles. The highest BCUT2D eigenvalue weighted by Crippen LogP contribution is 2.07. The third-order valence-corrected chi connectivity index (χ3v) is 2.80. The van der Waals surface area contributed by atoms with Crippen molar-refractivity contribution >= 4 is 24.0 Å². The third-order valence-electron chi connectivity index (χ3n) is 2.80. The zero-order valence-corrected chi connectivity index (χ0v) is 11.1. The molecular weight excluding hydrogens is 274 g/mol.